The first-order valence-corrected chi connectivity index (χ1v) is 14.8. The van der Waals surface area contributed by atoms with E-state index >= 15 is 0 Å². The fourth-order valence-electron chi connectivity index (χ4n) is 4.92. The molecule has 3 atom stereocenters. The van der Waals surface area contributed by atoms with Crippen molar-refractivity contribution in [3.63, 3.8) is 0 Å². The van der Waals surface area contributed by atoms with Gasteiger partial charge in [-0.25, -0.2) is 8.78 Å². The molecule has 1 saturated heterocycles. The lowest BCUT2D eigenvalue weighted by molar-refractivity contribution is -0.115. The third-order valence-corrected chi connectivity index (χ3v) is 7.75. The van der Waals surface area contributed by atoms with Gasteiger partial charge >= 0.3 is 0 Å². The number of piperidine rings is 1. The Morgan fingerprint density at radius 1 is 1.25 bits per heavy atom. The van der Waals surface area contributed by atoms with Crippen LogP contribution in [0.15, 0.2) is 46.7 Å². The number of aliphatic hydroxyl groups excluding tert-OH is 1. The number of unbranched alkanes of at least 4 members (excludes halogenated alkanes) is 1. The third kappa shape index (κ3) is 9.88. The van der Waals surface area contributed by atoms with E-state index in [0.717, 1.165) is 18.1 Å². The Balaban J connectivity index is 0.000000305. The maximum Gasteiger partial charge on any atom is 0.151 e. The molecule has 40 heavy (non-hydrogen) atoms. The van der Waals surface area contributed by atoms with Crippen molar-refractivity contribution in [2.24, 2.45) is 10.7 Å². The fraction of sp³-hybridized carbons (Fsp3) is 0.613. The molecule has 1 aromatic rings. The molecule has 6 nitrogen and oxygen atoms in total. The van der Waals surface area contributed by atoms with Gasteiger partial charge in [-0.2, -0.15) is 0 Å². The van der Waals surface area contributed by atoms with Crippen LogP contribution in [0.3, 0.4) is 0 Å². The molecule has 1 saturated carbocycles. The second-order valence-electron chi connectivity index (χ2n) is 10.7. The van der Waals surface area contributed by atoms with Crippen molar-refractivity contribution in [2.75, 3.05) is 37.6 Å². The molecule has 9 heteroatoms. The Kier molecular flexibility index (Phi) is 14.1. The van der Waals surface area contributed by atoms with Crippen LogP contribution >= 0.6 is 11.6 Å². The molecule has 3 unspecified atom stereocenters. The summed E-state index contributed by atoms with van der Waals surface area (Å²) in [7, 11) is 0. The second-order valence-corrected chi connectivity index (χ2v) is 11.1. The number of hydrogen-bond acceptors (Lipinski definition) is 6. The Morgan fingerprint density at radius 2 is 1.98 bits per heavy atom. The number of likely N-dealkylation sites (tertiary alicyclic amines) is 1. The Hall–Kier alpha value is -2.45. The summed E-state index contributed by atoms with van der Waals surface area (Å²) in [5.74, 6) is -0.0769. The number of carbonyl (C=O) groups excluding carboxylic acids is 1. The van der Waals surface area contributed by atoms with E-state index in [9.17, 15) is 18.7 Å². The summed E-state index contributed by atoms with van der Waals surface area (Å²) >= 11 is 6.17. The van der Waals surface area contributed by atoms with Crippen LogP contribution in [0.2, 0.25) is 5.02 Å². The maximum absolute atomic E-state index is 13.8. The topological polar surface area (TPSA) is 82.2 Å². The molecule has 1 aliphatic carbocycles. The number of allylic oxidation sites excluding steroid dienone is 1. The number of aliphatic hydroxyl groups is 1. The second kappa shape index (κ2) is 16.7. The summed E-state index contributed by atoms with van der Waals surface area (Å²) in [6.07, 6.45) is 1.49. The van der Waals surface area contributed by atoms with E-state index in [2.05, 4.69) is 43.3 Å². The quantitative estimate of drug-likeness (QED) is 0.338. The third-order valence-electron chi connectivity index (χ3n) is 7.34. The van der Waals surface area contributed by atoms with Crippen molar-refractivity contribution in [3.05, 3.63) is 52.3 Å². The van der Waals surface area contributed by atoms with Gasteiger partial charge < -0.3 is 20.6 Å². The fourth-order valence-corrected chi connectivity index (χ4v) is 5.09. The minimum atomic E-state index is -1.36. The largest absolute Gasteiger partial charge is 0.397 e. The highest BCUT2D eigenvalue weighted by Gasteiger charge is 2.31. The zero-order valence-electron chi connectivity index (χ0n) is 24.6. The Labute approximate surface area is 244 Å². The van der Waals surface area contributed by atoms with E-state index < -0.39 is 18.4 Å². The van der Waals surface area contributed by atoms with Crippen LogP contribution in [0.1, 0.15) is 71.3 Å². The molecule has 2 fully saturated rings. The number of anilines is 1. The molecule has 1 aromatic carbocycles. The molecular weight excluding hydrogens is 534 g/mol. The Morgan fingerprint density at radius 3 is 2.60 bits per heavy atom. The Bertz CT molecular complexity index is 1060. The van der Waals surface area contributed by atoms with Crippen molar-refractivity contribution in [1.82, 2.24) is 4.90 Å². The number of Topliss-reactive ketones (excluding diaryl/α,β-unsaturated/α-hetero) is 1. The van der Waals surface area contributed by atoms with Crippen molar-refractivity contribution in [1.29, 1.82) is 0 Å². The molecule has 0 bridgehead atoms. The number of aliphatic imine (C=N–C) groups is 1. The molecular formula is C31H47ClF2N4O2. The molecule has 0 spiro atoms. The number of nitrogens with two attached hydrogens (primary N) is 1. The van der Waals surface area contributed by atoms with E-state index in [4.69, 9.17) is 17.3 Å². The summed E-state index contributed by atoms with van der Waals surface area (Å²) < 4.78 is 27.6. The summed E-state index contributed by atoms with van der Waals surface area (Å²) in [5.41, 5.74) is 10.6. The van der Waals surface area contributed by atoms with Gasteiger partial charge in [0.1, 0.15) is 12.3 Å². The number of benzene rings is 1. The predicted octanol–water partition coefficient (Wildman–Crippen LogP) is 6.33. The number of nitrogens with zero attached hydrogens (tertiary/aromatic N) is 3. The van der Waals surface area contributed by atoms with Gasteiger partial charge in [-0.05, 0) is 63.6 Å². The van der Waals surface area contributed by atoms with E-state index in [1.54, 1.807) is 4.90 Å². The highest BCUT2D eigenvalue weighted by molar-refractivity contribution is 6.31. The van der Waals surface area contributed by atoms with Gasteiger partial charge in [-0.3, -0.25) is 9.79 Å². The van der Waals surface area contributed by atoms with Gasteiger partial charge in [-0.15, -0.1) is 0 Å². The van der Waals surface area contributed by atoms with Crippen molar-refractivity contribution in [3.8, 4) is 0 Å². The molecule has 3 N–H and O–H groups in total. The van der Waals surface area contributed by atoms with Gasteiger partial charge in [0, 0.05) is 48.0 Å². The normalized spacial score (nSPS) is 23.4. The summed E-state index contributed by atoms with van der Waals surface area (Å²) in [5, 5.41) is 10.4. The number of ketones is 1. The van der Waals surface area contributed by atoms with Crippen molar-refractivity contribution in [2.45, 2.75) is 91.1 Å². The lowest BCUT2D eigenvalue weighted by Gasteiger charge is -2.36. The molecule has 0 aromatic heterocycles. The predicted molar refractivity (Wildman–Crippen MR) is 163 cm³/mol. The van der Waals surface area contributed by atoms with E-state index in [-0.39, 0.29) is 25.3 Å². The highest BCUT2D eigenvalue weighted by atomic mass is 35.5. The number of halogens is 3. The highest BCUT2D eigenvalue weighted by Crippen LogP contribution is 2.30. The van der Waals surface area contributed by atoms with Crippen LogP contribution in [0, 0.1) is 6.92 Å². The van der Waals surface area contributed by atoms with Gasteiger partial charge in [0.15, 0.2) is 5.78 Å². The van der Waals surface area contributed by atoms with E-state index in [1.165, 1.54) is 37.4 Å². The summed E-state index contributed by atoms with van der Waals surface area (Å²) in [4.78, 5) is 19.5. The zero-order chi connectivity index (χ0) is 29.8. The average molecular weight is 581 g/mol. The van der Waals surface area contributed by atoms with Gasteiger partial charge in [0.05, 0.1) is 30.6 Å². The lowest BCUT2D eigenvalue weighted by Crippen LogP contribution is -2.44. The van der Waals surface area contributed by atoms with E-state index in [0.29, 0.717) is 48.5 Å². The first kappa shape index (κ1) is 33.8. The molecule has 224 valence electrons. The van der Waals surface area contributed by atoms with Crippen LogP contribution in [0.5, 0.6) is 0 Å². The maximum atomic E-state index is 13.8. The molecule has 1 heterocycles. The number of rotatable bonds is 10. The molecule has 2 aliphatic rings. The molecule has 0 radical (unpaired) electrons. The van der Waals surface area contributed by atoms with Crippen LogP contribution in [0.4, 0.5) is 14.5 Å². The van der Waals surface area contributed by atoms with Crippen molar-refractivity contribution < 1.29 is 18.7 Å². The van der Waals surface area contributed by atoms with Gasteiger partial charge in [-0.1, -0.05) is 44.5 Å². The minimum absolute atomic E-state index is 0.00690. The summed E-state index contributed by atoms with van der Waals surface area (Å²) in [6.45, 7) is 14.6. The SMILES string of the molecule is C=C(/C(N)=C1\CC(F)CCC1=NCC(C)=O)N1CCC(O)C(F)C1.CCCCN(CCC)c1cccc(Cl)c1C. The minimum Gasteiger partial charge on any atom is -0.397 e. The summed E-state index contributed by atoms with van der Waals surface area (Å²) in [6, 6.07) is 6.18. The number of hydrogen-bond donors (Lipinski definition) is 2. The smallest absolute Gasteiger partial charge is 0.151 e. The van der Waals surface area contributed by atoms with Gasteiger partial charge in [0.25, 0.3) is 0 Å². The molecule has 3 rings (SSSR count). The zero-order valence-corrected chi connectivity index (χ0v) is 25.3. The van der Waals surface area contributed by atoms with Crippen LogP contribution in [-0.2, 0) is 4.79 Å². The monoisotopic (exact) mass is 580 g/mol. The molecule has 0 amide bonds. The van der Waals surface area contributed by atoms with Crippen LogP contribution < -0.4 is 10.6 Å². The lowest BCUT2D eigenvalue weighted by atomic mass is 9.89. The number of alkyl halides is 2. The van der Waals surface area contributed by atoms with Gasteiger partial charge in [0.2, 0.25) is 0 Å². The average Bonchev–Trinajstić information content (AvgIpc) is 2.93. The van der Waals surface area contributed by atoms with Crippen LogP contribution in [0.25, 0.3) is 0 Å². The van der Waals surface area contributed by atoms with Crippen LogP contribution in [-0.4, -0.2) is 72.7 Å². The standard InChI is InChI=1S/C17H25F2N3O2.C14H22ClN/c1-10(23)8-21-15-4-3-12(18)7-13(15)17(20)11(2)22-6-5-16(24)14(19)9-22;1-4-6-11-16(10-5-2)14-9-7-8-13(15)12(14)3/h12,14,16,24H,2-9,20H2,1H3;7-9H,4-6,10-11H2,1-3H3/b17-13-,21-15?;. The van der Waals surface area contributed by atoms with Crippen molar-refractivity contribution >= 4 is 28.8 Å². The van der Waals surface area contributed by atoms with E-state index in [1.807, 2.05) is 12.1 Å². The molecule has 1 aliphatic heterocycles. The first-order chi connectivity index (χ1) is 19.0. The number of carbonyl (C=O) groups is 1. The first-order valence-electron chi connectivity index (χ1n) is 14.4.